The highest BCUT2D eigenvalue weighted by Gasteiger charge is 2.38. The number of hydrogen-bond donors (Lipinski definition) is 1. The first kappa shape index (κ1) is 12.0. The van der Waals surface area contributed by atoms with Crippen LogP contribution in [0.4, 0.5) is 5.69 Å². The van der Waals surface area contributed by atoms with E-state index in [1.165, 1.54) is 18.4 Å². The lowest BCUT2D eigenvalue weighted by atomic mass is 9.95. The zero-order valence-corrected chi connectivity index (χ0v) is 10.7. The molecule has 1 aliphatic carbocycles. The van der Waals surface area contributed by atoms with Crippen LogP contribution < -0.4 is 5.32 Å². The van der Waals surface area contributed by atoms with Gasteiger partial charge in [0.1, 0.15) is 5.54 Å². The SMILES string of the molecule is CCC1CCC(C#N)(Nc2ccccc2C)C1. The highest BCUT2D eigenvalue weighted by molar-refractivity contribution is 5.54. The number of rotatable bonds is 3. The van der Waals surface area contributed by atoms with E-state index in [9.17, 15) is 5.26 Å². The zero-order chi connectivity index (χ0) is 12.3. The van der Waals surface area contributed by atoms with Gasteiger partial charge < -0.3 is 5.32 Å². The van der Waals surface area contributed by atoms with Crippen LogP contribution in [0.3, 0.4) is 0 Å². The van der Waals surface area contributed by atoms with Crippen molar-refractivity contribution in [1.29, 1.82) is 5.26 Å². The van der Waals surface area contributed by atoms with Crippen molar-refractivity contribution in [3.8, 4) is 6.07 Å². The van der Waals surface area contributed by atoms with Gasteiger partial charge in [-0.05, 0) is 43.7 Å². The first-order valence-electron chi connectivity index (χ1n) is 6.44. The third kappa shape index (κ3) is 2.44. The fourth-order valence-electron chi connectivity index (χ4n) is 2.71. The summed E-state index contributed by atoms with van der Waals surface area (Å²) in [6.45, 7) is 4.30. The molecule has 2 unspecified atom stereocenters. The van der Waals surface area contributed by atoms with Crippen LogP contribution in [0.15, 0.2) is 24.3 Å². The standard InChI is InChI=1S/C15H20N2/c1-3-13-8-9-15(10-13,11-16)17-14-7-5-4-6-12(14)2/h4-7,13,17H,3,8-10H2,1-2H3. The maximum atomic E-state index is 9.47. The number of nitriles is 1. The molecule has 2 nitrogen and oxygen atoms in total. The molecule has 1 aromatic carbocycles. The molecule has 17 heavy (non-hydrogen) atoms. The fraction of sp³-hybridized carbons (Fsp3) is 0.533. The molecule has 0 amide bonds. The van der Waals surface area contributed by atoms with Crippen molar-refractivity contribution in [2.75, 3.05) is 5.32 Å². The monoisotopic (exact) mass is 228 g/mol. The molecule has 1 saturated carbocycles. The van der Waals surface area contributed by atoms with E-state index < -0.39 is 0 Å². The van der Waals surface area contributed by atoms with E-state index in [1.807, 2.05) is 12.1 Å². The number of nitrogens with zero attached hydrogens (tertiary/aromatic N) is 1. The van der Waals surface area contributed by atoms with Gasteiger partial charge in [0.15, 0.2) is 0 Å². The second-order valence-electron chi connectivity index (χ2n) is 5.15. The summed E-state index contributed by atoms with van der Waals surface area (Å²) in [5.74, 6) is 0.700. The van der Waals surface area contributed by atoms with Gasteiger partial charge in [0.05, 0.1) is 6.07 Å². The van der Waals surface area contributed by atoms with E-state index in [2.05, 4.69) is 37.4 Å². The second-order valence-corrected chi connectivity index (χ2v) is 5.15. The number of hydrogen-bond acceptors (Lipinski definition) is 2. The molecule has 0 spiro atoms. The van der Waals surface area contributed by atoms with Crippen LogP contribution in [-0.2, 0) is 0 Å². The van der Waals surface area contributed by atoms with Crippen LogP contribution in [0.5, 0.6) is 0 Å². The van der Waals surface area contributed by atoms with Crippen molar-refractivity contribution in [2.45, 2.75) is 45.1 Å². The van der Waals surface area contributed by atoms with Gasteiger partial charge in [-0.1, -0.05) is 31.5 Å². The van der Waals surface area contributed by atoms with Gasteiger partial charge in [-0.15, -0.1) is 0 Å². The Labute approximate surface area is 104 Å². The lowest BCUT2D eigenvalue weighted by Gasteiger charge is -2.25. The Hall–Kier alpha value is -1.49. The minimum atomic E-state index is -0.340. The Morgan fingerprint density at radius 3 is 2.82 bits per heavy atom. The average Bonchev–Trinajstić information content (AvgIpc) is 2.76. The first-order valence-corrected chi connectivity index (χ1v) is 6.44. The van der Waals surface area contributed by atoms with Crippen molar-refractivity contribution < 1.29 is 0 Å². The Bertz CT molecular complexity index is 433. The summed E-state index contributed by atoms with van der Waals surface area (Å²) in [7, 11) is 0. The van der Waals surface area contributed by atoms with E-state index in [4.69, 9.17) is 0 Å². The molecular formula is C15H20N2. The summed E-state index contributed by atoms with van der Waals surface area (Å²) in [5.41, 5.74) is 1.97. The third-order valence-corrected chi connectivity index (χ3v) is 3.93. The molecule has 1 fully saturated rings. The molecule has 0 aliphatic heterocycles. The molecule has 0 radical (unpaired) electrons. The number of nitrogens with one attached hydrogen (secondary N) is 1. The molecule has 0 aromatic heterocycles. The van der Waals surface area contributed by atoms with Gasteiger partial charge >= 0.3 is 0 Å². The van der Waals surface area contributed by atoms with Crippen molar-refractivity contribution >= 4 is 5.69 Å². The Morgan fingerprint density at radius 2 is 2.24 bits per heavy atom. The highest BCUT2D eigenvalue weighted by atomic mass is 15.0. The highest BCUT2D eigenvalue weighted by Crippen LogP contribution is 2.38. The number of para-hydroxylation sites is 1. The van der Waals surface area contributed by atoms with E-state index in [-0.39, 0.29) is 5.54 Å². The molecular weight excluding hydrogens is 208 g/mol. The van der Waals surface area contributed by atoms with Gasteiger partial charge in [-0.3, -0.25) is 0 Å². The summed E-state index contributed by atoms with van der Waals surface area (Å²) < 4.78 is 0. The van der Waals surface area contributed by atoms with Crippen molar-refractivity contribution in [1.82, 2.24) is 0 Å². The topological polar surface area (TPSA) is 35.8 Å². The Morgan fingerprint density at radius 1 is 1.47 bits per heavy atom. The number of aryl methyl sites for hydroxylation is 1. The largest absolute Gasteiger partial charge is 0.367 e. The summed E-state index contributed by atoms with van der Waals surface area (Å²) in [5, 5.41) is 12.9. The molecule has 2 atom stereocenters. The summed E-state index contributed by atoms with van der Waals surface area (Å²) in [4.78, 5) is 0. The van der Waals surface area contributed by atoms with Crippen LogP contribution in [0.1, 0.15) is 38.2 Å². The molecule has 0 saturated heterocycles. The first-order chi connectivity index (χ1) is 8.19. The van der Waals surface area contributed by atoms with E-state index in [1.54, 1.807) is 0 Å². The molecule has 1 N–H and O–H groups in total. The molecule has 0 heterocycles. The van der Waals surface area contributed by atoms with Gasteiger partial charge in [0.25, 0.3) is 0 Å². The quantitative estimate of drug-likeness (QED) is 0.852. The van der Waals surface area contributed by atoms with E-state index in [0.717, 1.165) is 18.5 Å². The van der Waals surface area contributed by atoms with Gasteiger partial charge in [0.2, 0.25) is 0 Å². The maximum absolute atomic E-state index is 9.47. The predicted molar refractivity (Wildman–Crippen MR) is 70.8 cm³/mol. The smallest absolute Gasteiger partial charge is 0.125 e. The number of anilines is 1. The minimum absolute atomic E-state index is 0.340. The van der Waals surface area contributed by atoms with E-state index in [0.29, 0.717) is 5.92 Å². The van der Waals surface area contributed by atoms with Crippen molar-refractivity contribution in [2.24, 2.45) is 5.92 Å². The van der Waals surface area contributed by atoms with Crippen LogP contribution in [0, 0.1) is 24.2 Å². The molecule has 2 heteroatoms. The average molecular weight is 228 g/mol. The molecule has 0 bridgehead atoms. The molecule has 2 rings (SSSR count). The summed E-state index contributed by atoms with van der Waals surface area (Å²) >= 11 is 0. The Balaban J connectivity index is 2.17. The van der Waals surface area contributed by atoms with Gasteiger partial charge in [-0.25, -0.2) is 0 Å². The van der Waals surface area contributed by atoms with Crippen LogP contribution in [0.25, 0.3) is 0 Å². The zero-order valence-electron chi connectivity index (χ0n) is 10.7. The second kappa shape index (κ2) is 4.79. The Kier molecular flexibility index (Phi) is 3.38. The summed E-state index contributed by atoms with van der Waals surface area (Å²) in [6, 6.07) is 10.7. The molecule has 1 aliphatic rings. The van der Waals surface area contributed by atoms with Crippen LogP contribution >= 0.6 is 0 Å². The van der Waals surface area contributed by atoms with Gasteiger partial charge in [0, 0.05) is 5.69 Å². The van der Waals surface area contributed by atoms with Gasteiger partial charge in [-0.2, -0.15) is 5.26 Å². The third-order valence-electron chi connectivity index (χ3n) is 3.93. The van der Waals surface area contributed by atoms with Crippen LogP contribution in [0.2, 0.25) is 0 Å². The molecule has 90 valence electrons. The maximum Gasteiger partial charge on any atom is 0.125 e. The lowest BCUT2D eigenvalue weighted by Crippen LogP contribution is -2.33. The summed E-state index contributed by atoms with van der Waals surface area (Å²) in [6.07, 6.45) is 4.30. The normalized spacial score (nSPS) is 27.7. The fourth-order valence-corrected chi connectivity index (χ4v) is 2.71. The van der Waals surface area contributed by atoms with Crippen LogP contribution in [-0.4, -0.2) is 5.54 Å². The van der Waals surface area contributed by atoms with Crippen molar-refractivity contribution in [3.63, 3.8) is 0 Å². The van der Waals surface area contributed by atoms with Crippen molar-refractivity contribution in [3.05, 3.63) is 29.8 Å². The number of benzene rings is 1. The molecule has 1 aromatic rings. The minimum Gasteiger partial charge on any atom is -0.367 e. The lowest BCUT2D eigenvalue weighted by molar-refractivity contribution is 0.503. The van der Waals surface area contributed by atoms with E-state index >= 15 is 0 Å². The predicted octanol–water partition coefficient (Wildman–Crippen LogP) is 3.88.